The maximum Gasteiger partial charge on any atom is 0.354 e. The standard InChI is InChI=1S/C15H18N2O2/c1-10(2)13-8-14(15(18)19)17(16-13)9-12-6-4-5-11(3)7-12/h4-8,10H,9H2,1-3H3,(H,18,19). The lowest BCUT2D eigenvalue weighted by molar-refractivity contribution is 0.0684. The molecule has 19 heavy (non-hydrogen) atoms. The van der Waals surface area contributed by atoms with Crippen LogP contribution in [0, 0.1) is 6.92 Å². The Balaban J connectivity index is 2.36. The Kier molecular flexibility index (Phi) is 3.69. The number of rotatable bonds is 4. The zero-order chi connectivity index (χ0) is 14.0. The Bertz CT molecular complexity index is 600. The number of benzene rings is 1. The summed E-state index contributed by atoms with van der Waals surface area (Å²) in [5, 5.41) is 13.6. The van der Waals surface area contributed by atoms with E-state index < -0.39 is 5.97 Å². The highest BCUT2D eigenvalue weighted by Crippen LogP contribution is 2.16. The van der Waals surface area contributed by atoms with Gasteiger partial charge in [-0.15, -0.1) is 0 Å². The van der Waals surface area contributed by atoms with E-state index in [4.69, 9.17) is 0 Å². The van der Waals surface area contributed by atoms with Crippen LogP contribution in [0.1, 0.15) is 47.1 Å². The minimum Gasteiger partial charge on any atom is -0.477 e. The predicted octanol–water partition coefficient (Wildman–Crippen LogP) is 3.06. The van der Waals surface area contributed by atoms with Gasteiger partial charge in [-0.2, -0.15) is 5.10 Å². The maximum absolute atomic E-state index is 11.3. The largest absolute Gasteiger partial charge is 0.477 e. The molecule has 1 aromatic heterocycles. The number of carboxylic acid groups (broad SMARTS) is 1. The lowest BCUT2D eigenvalue weighted by Gasteiger charge is -2.06. The van der Waals surface area contributed by atoms with Gasteiger partial charge in [-0.25, -0.2) is 4.79 Å². The molecule has 1 aromatic carbocycles. The number of nitrogens with zero attached hydrogens (tertiary/aromatic N) is 2. The topological polar surface area (TPSA) is 55.1 Å². The van der Waals surface area contributed by atoms with Crippen molar-refractivity contribution < 1.29 is 9.90 Å². The second-order valence-electron chi connectivity index (χ2n) is 5.06. The Labute approximate surface area is 112 Å². The van der Waals surface area contributed by atoms with Gasteiger partial charge < -0.3 is 5.11 Å². The van der Waals surface area contributed by atoms with Crippen LogP contribution in [0.4, 0.5) is 0 Å². The molecule has 0 bridgehead atoms. The Morgan fingerprint density at radius 1 is 1.37 bits per heavy atom. The fourth-order valence-corrected chi connectivity index (χ4v) is 1.99. The number of hydrogen-bond donors (Lipinski definition) is 1. The van der Waals surface area contributed by atoms with Gasteiger partial charge in [-0.3, -0.25) is 4.68 Å². The van der Waals surface area contributed by atoms with E-state index in [2.05, 4.69) is 5.10 Å². The van der Waals surface area contributed by atoms with Crippen LogP contribution < -0.4 is 0 Å². The third-order valence-electron chi connectivity index (χ3n) is 3.02. The first-order valence-electron chi connectivity index (χ1n) is 6.34. The lowest BCUT2D eigenvalue weighted by atomic mass is 10.1. The molecule has 2 aromatic rings. The van der Waals surface area contributed by atoms with Crippen LogP contribution >= 0.6 is 0 Å². The second-order valence-corrected chi connectivity index (χ2v) is 5.06. The number of aromatic nitrogens is 2. The monoisotopic (exact) mass is 258 g/mol. The molecular weight excluding hydrogens is 240 g/mol. The van der Waals surface area contributed by atoms with Crippen LogP contribution in [-0.2, 0) is 6.54 Å². The number of carbonyl (C=O) groups is 1. The molecule has 0 spiro atoms. The molecule has 0 saturated heterocycles. The van der Waals surface area contributed by atoms with E-state index in [1.807, 2.05) is 45.0 Å². The molecule has 100 valence electrons. The number of carboxylic acids is 1. The minimum atomic E-state index is -0.938. The van der Waals surface area contributed by atoms with E-state index in [0.29, 0.717) is 6.54 Å². The number of aryl methyl sites for hydroxylation is 1. The normalized spacial score (nSPS) is 10.9. The summed E-state index contributed by atoms with van der Waals surface area (Å²) in [6, 6.07) is 9.67. The third-order valence-corrected chi connectivity index (χ3v) is 3.02. The molecule has 0 aliphatic heterocycles. The maximum atomic E-state index is 11.3. The van der Waals surface area contributed by atoms with Gasteiger partial charge in [0.15, 0.2) is 0 Å². The zero-order valence-electron chi connectivity index (χ0n) is 11.4. The van der Waals surface area contributed by atoms with Gasteiger partial charge in [0.1, 0.15) is 5.69 Å². The van der Waals surface area contributed by atoms with Crippen molar-refractivity contribution in [2.75, 3.05) is 0 Å². The third kappa shape index (κ3) is 3.02. The average molecular weight is 258 g/mol. The van der Waals surface area contributed by atoms with Crippen LogP contribution in [-0.4, -0.2) is 20.9 Å². The first-order chi connectivity index (χ1) is 8.97. The average Bonchev–Trinajstić information content (AvgIpc) is 2.73. The van der Waals surface area contributed by atoms with Crippen molar-refractivity contribution >= 4 is 5.97 Å². The van der Waals surface area contributed by atoms with Crippen LogP contribution in [0.2, 0.25) is 0 Å². The first kappa shape index (κ1) is 13.3. The molecule has 0 unspecified atom stereocenters. The molecule has 4 heteroatoms. The SMILES string of the molecule is Cc1cccc(Cn2nc(C(C)C)cc2C(=O)O)c1. The Morgan fingerprint density at radius 2 is 2.11 bits per heavy atom. The highest BCUT2D eigenvalue weighted by atomic mass is 16.4. The van der Waals surface area contributed by atoms with Gasteiger partial charge in [0.25, 0.3) is 0 Å². The minimum absolute atomic E-state index is 0.219. The van der Waals surface area contributed by atoms with Crippen molar-refractivity contribution in [3.05, 3.63) is 52.8 Å². The van der Waals surface area contributed by atoms with E-state index >= 15 is 0 Å². The van der Waals surface area contributed by atoms with Crippen molar-refractivity contribution in [1.29, 1.82) is 0 Å². The fourth-order valence-electron chi connectivity index (χ4n) is 1.99. The van der Waals surface area contributed by atoms with Crippen LogP contribution in [0.3, 0.4) is 0 Å². The summed E-state index contributed by atoms with van der Waals surface area (Å²) in [6.07, 6.45) is 0. The molecular formula is C15H18N2O2. The molecule has 4 nitrogen and oxygen atoms in total. The molecule has 0 fully saturated rings. The van der Waals surface area contributed by atoms with Crippen molar-refractivity contribution in [2.45, 2.75) is 33.2 Å². The first-order valence-corrected chi connectivity index (χ1v) is 6.34. The Morgan fingerprint density at radius 3 is 2.68 bits per heavy atom. The van der Waals surface area contributed by atoms with E-state index in [9.17, 15) is 9.90 Å². The number of hydrogen-bond acceptors (Lipinski definition) is 2. The summed E-state index contributed by atoms with van der Waals surface area (Å²) in [6.45, 7) is 6.51. The number of aromatic carboxylic acids is 1. The summed E-state index contributed by atoms with van der Waals surface area (Å²) >= 11 is 0. The molecule has 0 amide bonds. The van der Waals surface area contributed by atoms with Crippen LogP contribution in [0.15, 0.2) is 30.3 Å². The van der Waals surface area contributed by atoms with Crippen molar-refractivity contribution in [2.24, 2.45) is 0 Å². The van der Waals surface area contributed by atoms with Crippen molar-refractivity contribution in [3.8, 4) is 0 Å². The molecule has 2 rings (SSSR count). The molecule has 1 heterocycles. The predicted molar refractivity (Wildman–Crippen MR) is 73.6 cm³/mol. The molecule has 0 aliphatic rings. The van der Waals surface area contributed by atoms with Gasteiger partial charge in [0, 0.05) is 0 Å². The quantitative estimate of drug-likeness (QED) is 0.917. The summed E-state index contributed by atoms with van der Waals surface area (Å²) in [5.74, 6) is -0.719. The molecule has 1 N–H and O–H groups in total. The summed E-state index contributed by atoms with van der Waals surface area (Å²) in [4.78, 5) is 11.3. The molecule has 0 saturated carbocycles. The van der Waals surface area contributed by atoms with E-state index in [1.165, 1.54) is 0 Å². The summed E-state index contributed by atoms with van der Waals surface area (Å²) in [5.41, 5.74) is 3.27. The van der Waals surface area contributed by atoms with Gasteiger partial charge >= 0.3 is 5.97 Å². The van der Waals surface area contributed by atoms with Gasteiger partial charge in [0.05, 0.1) is 12.2 Å². The summed E-state index contributed by atoms with van der Waals surface area (Å²) < 4.78 is 1.56. The zero-order valence-corrected chi connectivity index (χ0v) is 11.4. The second kappa shape index (κ2) is 5.26. The van der Waals surface area contributed by atoms with Crippen LogP contribution in [0.25, 0.3) is 0 Å². The smallest absolute Gasteiger partial charge is 0.354 e. The van der Waals surface area contributed by atoms with Crippen LogP contribution in [0.5, 0.6) is 0 Å². The molecule has 0 aliphatic carbocycles. The highest BCUT2D eigenvalue weighted by molar-refractivity contribution is 5.85. The van der Waals surface area contributed by atoms with E-state index in [0.717, 1.165) is 16.8 Å². The van der Waals surface area contributed by atoms with E-state index in [1.54, 1.807) is 10.7 Å². The highest BCUT2D eigenvalue weighted by Gasteiger charge is 2.16. The lowest BCUT2D eigenvalue weighted by Crippen LogP contribution is -2.11. The molecule has 0 atom stereocenters. The van der Waals surface area contributed by atoms with Gasteiger partial charge in [-0.1, -0.05) is 43.7 Å². The fraction of sp³-hybridized carbons (Fsp3) is 0.333. The van der Waals surface area contributed by atoms with Gasteiger partial charge in [-0.05, 0) is 24.5 Å². The van der Waals surface area contributed by atoms with Crippen molar-refractivity contribution in [3.63, 3.8) is 0 Å². The van der Waals surface area contributed by atoms with E-state index in [-0.39, 0.29) is 11.6 Å². The Hall–Kier alpha value is -2.10. The summed E-state index contributed by atoms with van der Waals surface area (Å²) in [7, 11) is 0. The van der Waals surface area contributed by atoms with Gasteiger partial charge in [0.2, 0.25) is 0 Å². The van der Waals surface area contributed by atoms with Crippen molar-refractivity contribution in [1.82, 2.24) is 9.78 Å². The molecule has 0 radical (unpaired) electrons.